The second-order valence-corrected chi connectivity index (χ2v) is 11.3. The van der Waals surface area contributed by atoms with Crippen molar-refractivity contribution in [2.45, 2.75) is 59.2 Å². The van der Waals surface area contributed by atoms with Crippen LogP contribution in [0, 0.1) is 6.92 Å². The number of carbonyl (C=O) groups excluding carboxylic acids is 2. The van der Waals surface area contributed by atoms with Crippen LogP contribution in [0.2, 0.25) is 10.0 Å². The Kier molecular flexibility index (Phi) is 10.4. The molecule has 192 valence electrons. The number of benzene rings is 2. The van der Waals surface area contributed by atoms with E-state index >= 15 is 0 Å². The van der Waals surface area contributed by atoms with Crippen molar-refractivity contribution in [3.05, 3.63) is 63.6 Å². The van der Waals surface area contributed by atoms with Crippen LogP contribution in [0.15, 0.2) is 42.5 Å². The average Bonchev–Trinajstić information content (AvgIpc) is 2.79. The summed E-state index contributed by atoms with van der Waals surface area (Å²) in [4.78, 5) is 28.2. The van der Waals surface area contributed by atoms with Gasteiger partial charge >= 0.3 is 0 Å². The van der Waals surface area contributed by atoms with E-state index in [4.69, 9.17) is 23.2 Å². The van der Waals surface area contributed by atoms with Crippen LogP contribution in [0.1, 0.15) is 44.7 Å². The largest absolute Gasteiger partial charge is 0.352 e. The van der Waals surface area contributed by atoms with Crippen molar-refractivity contribution in [2.24, 2.45) is 0 Å². The van der Waals surface area contributed by atoms with Gasteiger partial charge < -0.3 is 10.2 Å². The molecule has 0 aliphatic heterocycles. The van der Waals surface area contributed by atoms with Crippen molar-refractivity contribution in [1.82, 2.24) is 10.2 Å². The Bertz CT molecular complexity index is 1140. The lowest BCUT2D eigenvalue weighted by molar-refractivity contribution is -0.140. The van der Waals surface area contributed by atoms with E-state index in [9.17, 15) is 18.0 Å². The van der Waals surface area contributed by atoms with Crippen LogP contribution in [0.25, 0.3) is 0 Å². The predicted octanol–water partition coefficient (Wildman–Crippen LogP) is 4.79. The van der Waals surface area contributed by atoms with E-state index in [2.05, 4.69) is 5.32 Å². The van der Waals surface area contributed by atoms with Crippen molar-refractivity contribution in [2.75, 3.05) is 17.1 Å². The van der Waals surface area contributed by atoms with Crippen LogP contribution in [0.4, 0.5) is 5.69 Å². The molecule has 10 heteroatoms. The highest BCUT2D eigenvalue weighted by molar-refractivity contribution is 7.92. The lowest BCUT2D eigenvalue weighted by atomic mass is 10.1. The number of rotatable bonds is 11. The third-order valence-electron chi connectivity index (χ3n) is 5.84. The molecule has 0 aliphatic carbocycles. The second kappa shape index (κ2) is 12.6. The molecule has 0 radical (unpaired) electrons. The Morgan fingerprint density at radius 2 is 1.66 bits per heavy atom. The Morgan fingerprint density at radius 1 is 1.03 bits per heavy atom. The van der Waals surface area contributed by atoms with Crippen molar-refractivity contribution >= 4 is 50.7 Å². The average molecular weight is 543 g/mol. The third-order valence-corrected chi connectivity index (χ3v) is 7.63. The van der Waals surface area contributed by atoms with Gasteiger partial charge in [-0.05, 0) is 62.1 Å². The summed E-state index contributed by atoms with van der Waals surface area (Å²) < 4.78 is 26.5. The molecular formula is C25H33Cl2N3O4S. The van der Waals surface area contributed by atoms with Gasteiger partial charge in [0.25, 0.3) is 0 Å². The number of sulfonamides is 1. The van der Waals surface area contributed by atoms with Gasteiger partial charge in [-0.1, -0.05) is 55.2 Å². The molecule has 7 nitrogen and oxygen atoms in total. The van der Waals surface area contributed by atoms with E-state index in [1.165, 1.54) is 4.90 Å². The van der Waals surface area contributed by atoms with Gasteiger partial charge in [0.1, 0.15) is 12.6 Å². The second-order valence-electron chi connectivity index (χ2n) is 8.54. The van der Waals surface area contributed by atoms with Gasteiger partial charge in [0.15, 0.2) is 0 Å². The number of hydrogen-bond donors (Lipinski definition) is 1. The highest BCUT2D eigenvalue weighted by atomic mass is 35.5. The van der Waals surface area contributed by atoms with Gasteiger partial charge in [0.05, 0.1) is 11.9 Å². The monoisotopic (exact) mass is 541 g/mol. The quantitative estimate of drug-likeness (QED) is 0.443. The molecule has 1 N–H and O–H groups in total. The minimum absolute atomic E-state index is 0.0642. The van der Waals surface area contributed by atoms with Crippen LogP contribution in [0.5, 0.6) is 0 Å². The predicted molar refractivity (Wildman–Crippen MR) is 142 cm³/mol. The first kappa shape index (κ1) is 28.9. The maximum Gasteiger partial charge on any atom is 0.244 e. The van der Waals surface area contributed by atoms with Gasteiger partial charge in [0.2, 0.25) is 21.8 Å². The summed E-state index contributed by atoms with van der Waals surface area (Å²) in [5.74, 6) is -0.787. The fraction of sp³-hybridized carbons (Fsp3) is 0.440. The first-order chi connectivity index (χ1) is 16.4. The van der Waals surface area contributed by atoms with E-state index in [0.29, 0.717) is 27.7 Å². The van der Waals surface area contributed by atoms with Crippen LogP contribution in [-0.2, 0) is 26.2 Å². The van der Waals surface area contributed by atoms with Gasteiger partial charge in [-0.15, -0.1) is 0 Å². The fourth-order valence-electron chi connectivity index (χ4n) is 3.61. The molecular weight excluding hydrogens is 509 g/mol. The third kappa shape index (κ3) is 7.85. The number of nitrogens with one attached hydrogen (secondary N) is 1. The maximum atomic E-state index is 13.7. The Morgan fingerprint density at radius 3 is 2.20 bits per heavy atom. The fourth-order valence-corrected chi connectivity index (χ4v) is 4.80. The lowest BCUT2D eigenvalue weighted by Gasteiger charge is -2.33. The zero-order valence-electron chi connectivity index (χ0n) is 20.7. The minimum Gasteiger partial charge on any atom is -0.352 e. The molecule has 0 aromatic heterocycles. The molecule has 2 rings (SSSR count). The number of halogens is 2. The summed E-state index contributed by atoms with van der Waals surface area (Å²) in [6.07, 6.45) is 2.14. The zero-order chi connectivity index (χ0) is 26.3. The van der Waals surface area contributed by atoms with E-state index in [0.717, 1.165) is 22.5 Å². The topological polar surface area (TPSA) is 86.8 Å². The highest BCUT2D eigenvalue weighted by Crippen LogP contribution is 2.28. The smallest absolute Gasteiger partial charge is 0.244 e. The van der Waals surface area contributed by atoms with Crippen LogP contribution in [0.3, 0.4) is 0 Å². The van der Waals surface area contributed by atoms with Crippen molar-refractivity contribution in [3.63, 3.8) is 0 Å². The molecule has 0 unspecified atom stereocenters. The van der Waals surface area contributed by atoms with Crippen LogP contribution >= 0.6 is 23.2 Å². The zero-order valence-corrected chi connectivity index (χ0v) is 23.0. The maximum absolute atomic E-state index is 13.7. The van der Waals surface area contributed by atoms with E-state index in [1.807, 2.05) is 20.8 Å². The molecule has 0 heterocycles. The summed E-state index contributed by atoms with van der Waals surface area (Å²) in [6, 6.07) is 11.0. The molecule has 0 spiro atoms. The molecule has 2 amide bonds. The number of anilines is 1. The van der Waals surface area contributed by atoms with Crippen molar-refractivity contribution < 1.29 is 18.0 Å². The van der Waals surface area contributed by atoms with Gasteiger partial charge in [-0.2, -0.15) is 0 Å². The number of amides is 2. The Labute approximate surface area is 218 Å². The van der Waals surface area contributed by atoms with Crippen LogP contribution in [-0.4, -0.2) is 50.0 Å². The number of carbonyl (C=O) groups is 2. The Balaban J connectivity index is 2.47. The summed E-state index contributed by atoms with van der Waals surface area (Å²) >= 11 is 12.2. The minimum atomic E-state index is -3.83. The van der Waals surface area contributed by atoms with Crippen molar-refractivity contribution in [1.29, 1.82) is 0 Å². The number of hydrogen-bond acceptors (Lipinski definition) is 4. The highest BCUT2D eigenvalue weighted by Gasteiger charge is 2.32. The molecule has 2 atom stereocenters. The van der Waals surface area contributed by atoms with E-state index < -0.39 is 28.5 Å². The SMILES string of the molecule is CC[C@H](C(=O)N[C@@H](C)CC)N(Cc1ccc(Cl)cc1)C(=O)CN(c1cccc(Cl)c1C)S(C)(=O)=O. The molecule has 0 saturated heterocycles. The molecule has 0 saturated carbocycles. The molecule has 0 fully saturated rings. The molecule has 0 bridgehead atoms. The number of nitrogens with zero attached hydrogens (tertiary/aromatic N) is 2. The van der Waals surface area contributed by atoms with Crippen molar-refractivity contribution in [3.8, 4) is 0 Å². The summed E-state index contributed by atoms with van der Waals surface area (Å²) in [6.45, 7) is 7.01. The molecule has 35 heavy (non-hydrogen) atoms. The standard InChI is InChI=1S/C25H33Cl2N3O4S/c1-6-17(3)28-25(32)22(7-2)29(15-19-11-13-20(26)14-12-19)24(31)16-30(35(5,33)34)23-10-8-9-21(27)18(23)4/h8-14,17,22H,6-7,15-16H2,1-5H3,(H,28,32)/t17-,22+/m0/s1. The normalized spacial score (nSPS) is 13.1. The van der Waals surface area contributed by atoms with Crippen LogP contribution < -0.4 is 9.62 Å². The summed E-state index contributed by atoms with van der Waals surface area (Å²) in [5, 5.41) is 3.88. The summed E-state index contributed by atoms with van der Waals surface area (Å²) in [7, 11) is -3.83. The first-order valence-electron chi connectivity index (χ1n) is 11.5. The van der Waals surface area contributed by atoms with E-state index in [1.54, 1.807) is 49.4 Å². The van der Waals surface area contributed by atoms with Gasteiger partial charge in [-0.3, -0.25) is 13.9 Å². The first-order valence-corrected chi connectivity index (χ1v) is 14.1. The van der Waals surface area contributed by atoms with E-state index in [-0.39, 0.29) is 18.5 Å². The Hall–Kier alpha value is -2.29. The van der Waals surface area contributed by atoms with Gasteiger partial charge in [-0.25, -0.2) is 8.42 Å². The summed E-state index contributed by atoms with van der Waals surface area (Å²) in [5.41, 5.74) is 1.62. The molecule has 0 aliphatic rings. The molecule has 2 aromatic carbocycles. The lowest BCUT2D eigenvalue weighted by Crippen LogP contribution is -2.53. The molecule has 2 aromatic rings. The van der Waals surface area contributed by atoms with Gasteiger partial charge in [0, 0.05) is 22.6 Å².